The second-order valence-electron chi connectivity index (χ2n) is 6.34. The van der Waals surface area contributed by atoms with Crippen LogP contribution in [0.5, 0.6) is 5.75 Å². The van der Waals surface area contributed by atoms with E-state index in [-0.39, 0.29) is 28.9 Å². The summed E-state index contributed by atoms with van der Waals surface area (Å²) < 4.78 is 44.9. The fourth-order valence-corrected chi connectivity index (χ4v) is 3.97. The minimum absolute atomic E-state index is 0.161. The Morgan fingerprint density at radius 2 is 2.07 bits per heavy atom. The van der Waals surface area contributed by atoms with Gasteiger partial charge in [-0.2, -0.15) is 18.4 Å². The fraction of sp³-hybridized carbons (Fsp3) is 0.300. The molecule has 0 fully saturated rings. The number of thioether (sulfide) groups is 1. The molecule has 1 heterocycles. The Morgan fingerprint density at radius 1 is 1.32 bits per heavy atom. The van der Waals surface area contributed by atoms with Crippen LogP contribution in [-0.4, -0.2) is 24.3 Å². The normalized spacial score (nSPS) is 16.7. The molecule has 1 atom stereocenters. The van der Waals surface area contributed by atoms with Gasteiger partial charge in [0.25, 0.3) is 5.91 Å². The Balaban J connectivity index is 1.87. The Labute approximate surface area is 164 Å². The van der Waals surface area contributed by atoms with Crippen LogP contribution in [0.4, 0.5) is 18.9 Å². The van der Waals surface area contributed by atoms with Crippen molar-refractivity contribution in [2.75, 3.05) is 18.1 Å². The number of ether oxygens (including phenoxy) is 1. The highest BCUT2D eigenvalue weighted by Gasteiger charge is 2.33. The number of amides is 1. The van der Waals surface area contributed by atoms with Gasteiger partial charge in [-0.3, -0.25) is 4.79 Å². The van der Waals surface area contributed by atoms with E-state index < -0.39 is 17.6 Å². The summed E-state index contributed by atoms with van der Waals surface area (Å²) in [5.41, 5.74) is -0.267. The summed E-state index contributed by atoms with van der Waals surface area (Å²) in [5.74, 6) is -0.191. The average molecular weight is 406 g/mol. The van der Waals surface area contributed by atoms with Gasteiger partial charge in [0.05, 0.1) is 16.8 Å². The summed E-state index contributed by atoms with van der Waals surface area (Å²) in [7, 11) is 0. The predicted octanol–water partition coefficient (Wildman–Crippen LogP) is 4.87. The van der Waals surface area contributed by atoms with Gasteiger partial charge < -0.3 is 9.64 Å². The molecular weight excluding hydrogens is 389 g/mol. The first kappa shape index (κ1) is 20.1. The molecule has 1 amide bonds. The van der Waals surface area contributed by atoms with Crippen molar-refractivity contribution < 1.29 is 22.7 Å². The molecule has 1 aliphatic heterocycles. The lowest BCUT2D eigenvalue weighted by atomic mass is 10.1. The molecule has 0 saturated carbocycles. The van der Waals surface area contributed by atoms with Crippen molar-refractivity contribution in [1.29, 1.82) is 5.26 Å². The highest BCUT2D eigenvalue weighted by Crippen LogP contribution is 2.41. The highest BCUT2D eigenvalue weighted by atomic mass is 32.2. The smallest absolute Gasteiger partial charge is 0.416 e. The van der Waals surface area contributed by atoms with Crippen LogP contribution >= 0.6 is 11.8 Å². The van der Waals surface area contributed by atoms with Crippen LogP contribution < -0.4 is 9.64 Å². The van der Waals surface area contributed by atoms with E-state index in [9.17, 15) is 18.0 Å². The number of nitriles is 1. The van der Waals surface area contributed by atoms with Crippen LogP contribution in [0.25, 0.3) is 0 Å². The van der Waals surface area contributed by atoms with E-state index in [0.717, 1.165) is 12.1 Å². The van der Waals surface area contributed by atoms with Crippen LogP contribution in [0.3, 0.4) is 0 Å². The van der Waals surface area contributed by atoms with Gasteiger partial charge in [0.15, 0.2) is 6.61 Å². The number of carbonyl (C=O) groups excluding carboxylic acids is 1. The van der Waals surface area contributed by atoms with Crippen molar-refractivity contribution in [2.24, 2.45) is 0 Å². The molecule has 0 spiro atoms. The number of carbonyl (C=O) groups is 1. The third-order valence-electron chi connectivity index (χ3n) is 4.32. The molecule has 1 aliphatic rings. The van der Waals surface area contributed by atoms with Crippen molar-refractivity contribution in [1.82, 2.24) is 0 Å². The zero-order chi connectivity index (χ0) is 20.3. The second kappa shape index (κ2) is 8.15. The van der Waals surface area contributed by atoms with Gasteiger partial charge in [-0.05, 0) is 36.8 Å². The number of rotatable bonds is 3. The summed E-state index contributed by atoms with van der Waals surface area (Å²) in [5, 5.41) is 9.26. The number of nitrogens with zero attached hydrogens (tertiary/aromatic N) is 2. The van der Waals surface area contributed by atoms with E-state index in [0.29, 0.717) is 17.9 Å². The van der Waals surface area contributed by atoms with Crippen LogP contribution in [0.15, 0.2) is 47.4 Å². The lowest BCUT2D eigenvalue weighted by molar-refractivity contribution is -0.137. The molecule has 28 heavy (non-hydrogen) atoms. The number of alkyl halides is 3. The molecule has 0 radical (unpaired) electrons. The minimum atomic E-state index is -4.49. The zero-order valence-corrected chi connectivity index (χ0v) is 15.8. The monoisotopic (exact) mass is 406 g/mol. The van der Waals surface area contributed by atoms with Crippen LogP contribution in [0.1, 0.15) is 24.5 Å². The molecule has 0 saturated heterocycles. The Hall–Kier alpha value is -2.66. The van der Waals surface area contributed by atoms with E-state index >= 15 is 0 Å². The van der Waals surface area contributed by atoms with E-state index in [4.69, 9.17) is 10.00 Å². The number of hydrogen-bond donors (Lipinski definition) is 0. The van der Waals surface area contributed by atoms with Gasteiger partial charge in [-0.1, -0.05) is 19.1 Å². The average Bonchev–Trinajstić information content (AvgIpc) is 2.83. The van der Waals surface area contributed by atoms with Crippen molar-refractivity contribution in [3.63, 3.8) is 0 Å². The van der Waals surface area contributed by atoms with Crippen molar-refractivity contribution in [2.45, 2.75) is 29.7 Å². The number of fused-ring (bicyclic) bond motifs is 1. The summed E-state index contributed by atoms with van der Waals surface area (Å²) in [4.78, 5) is 14.8. The van der Waals surface area contributed by atoms with Crippen molar-refractivity contribution >= 4 is 23.4 Å². The molecule has 3 rings (SSSR count). The molecule has 2 aromatic rings. The number of para-hydroxylation sites is 1. The molecule has 4 nitrogen and oxygen atoms in total. The second-order valence-corrected chi connectivity index (χ2v) is 7.82. The third-order valence-corrected chi connectivity index (χ3v) is 5.56. The maximum absolute atomic E-state index is 13.2. The molecule has 0 bridgehead atoms. The Bertz CT molecular complexity index is 924. The Morgan fingerprint density at radius 3 is 2.79 bits per heavy atom. The summed E-state index contributed by atoms with van der Waals surface area (Å²) in [6.45, 7) is 1.90. The van der Waals surface area contributed by atoms with Crippen LogP contribution in [-0.2, 0) is 11.0 Å². The summed E-state index contributed by atoms with van der Waals surface area (Å²) in [6.07, 6.45) is -3.85. The Kier molecular flexibility index (Phi) is 5.84. The van der Waals surface area contributed by atoms with Gasteiger partial charge in [-0.15, -0.1) is 11.8 Å². The molecule has 2 aromatic carbocycles. The lowest BCUT2D eigenvalue weighted by Gasteiger charge is -2.23. The number of benzene rings is 2. The molecule has 0 aliphatic carbocycles. The van der Waals surface area contributed by atoms with Crippen molar-refractivity contribution in [3.8, 4) is 11.8 Å². The number of halogens is 3. The molecule has 146 valence electrons. The standard InChI is InChI=1S/C20H17F3N2O2S/c1-13-8-9-25(16-10-15(20(21,22)23)6-7-18(16)28-13)19(26)12-27-17-5-3-2-4-14(17)11-24/h2-7,10,13H,8-9,12H2,1H3. The summed E-state index contributed by atoms with van der Waals surface area (Å²) >= 11 is 1.45. The van der Waals surface area contributed by atoms with Gasteiger partial charge in [0, 0.05) is 16.7 Å². The molecule has 8 heteroatoms. The van der Waals surface area contributed by atoms with Gasteiger partial charge in [0.1, 0.15) is 11.8 Å². The first-order chi connectivity index (χ1) is 13.3. The van der Waals surface area contributed by atoms with E-state index in [1.165, 1.54) is 22.7 Å². The quantitative estimate of drug-likeness (QED) is 0.730. The highest BCUT2D eigenvalue weighted by molar-refractivity contribution is 8.00. The first-order valence-electron chi connectivity index (χ1n) is 8.60. The molecule has 1 unspecified atom stereocenters. The maximum atomic E-state index is 13.2. The topological polar surface area (TPSA) is 53.3 Å². The molecule has 0 aromatic heterocycles. The summed E-state index contributed by atoms with van der Waals surface area (Å²) in [6, 6.07) is 11.9. The van der Waals surface area contributed by atoms with Crippen LogP contribution in [0, 0.1) is 11.3 Å². The van der Waals surface area contributed by atoms with E-state index in [1.807, 2.05) is 13.0 Å². The lowest BCUT2D eigenvalue weighted by Crippen LogP contribution is -2.36. The maximum Gasteiger partial charge on any atom is 0.416 e. The van der Waals surface area contributed by atoms with Gasteiger partial charge in [-0.25, -0.2) is 0 Å². The zero-order valence-electron chi connectivity index (χ0n) is 15.0. The van der Waals surface area contributed by atoms with Gasteiger partial charge in [0.2, 0.25) is 0 Å². The number of hydrogen-bond acceptors (Lipinski definition) is 4. The molecule has 0 N–H and O–H groups in total. The van der Waals surface area contributed by atoms with Gasteiger partial charge >= 0.3 is 6.18 Å². The van der Waals surface area contributed by atoms with E-state index in [1.54, 1.807) is 24.3 Å². The third kappa shape index (κ3) is 4.42. The van der Waals surface area contributed by atoms with Crippen molar-refractivity contribution in [3.05, 3.63) is 53.6 Å². The molecular formula is C20H17F3N2O2S. The fourth-order valence-electron chi connectivity index (χ4n) is 2.87. The minimum Gasteiger partial charge on any atom is -0.482 e. The number of anilines is 1. The predicted molar refractivity (Wildman–Crippen MR) is 100 cm³/mol. The van der Waals surface area contributed by atoms with E-state index in [2.05, 4.69) is 0 Å². The largest absolute Gasteiger partial charge is 0.482 e. The SMILES string of the molecule is CC1CCN(C(=O)COc2ccccc2C#N)c2cc(C(F)(F)F)ccc2S1. The first-order valence-corrected chi connectivity index (χ1v) is 9.47. The van der Waals surface area contributed by atoms with Crippen LogP contribution in [0.2, 0.25) is 0 Å².